The molecule has 1 aromatic heterocycles. The average molecular weight is 423 g/mol. The Hall–Kier alpha value is -3.23. The summed E-state index contributed by atoms with van der Waals surface area (Å²) in [5.41, 5.74) is 1.15. The number of aliphatic hydroxyl groups excluding tert-OH is 1. The maximum absolute atomic E-state index is 13.0. The first-order chi connectivity index (χ1) is 15.1. The van der Waals surface area contributed by atoms with Crippen molar-refractivity contribution in [1.82, 2.24) is 14.8 Å². The van der Waals surface area contributed by atoms with Crippen LogP contribution in [0.5, 0.6) is 5.75 Å². The number of pyridine rings is 1. The molecule has 3 heterocycles. The fourth-order valence-corrected chi connectivity index (χ4v) is 3.99. The molecule has 0 radical (unpaired) electrons. The zero-order chi connectivity index (χ0) is 21.8. The predicted octanol–water partition coefficient (Wildman–Crippen LogP) is 1.84. The Bertz CT molecular complexity index is 986. The number of likely N-dealkylation sites (tertiary alicyclic amines) is 1. The Kier molecular flexibility index (Phi) is 6.29. The summed E-state index contributed by atoms with van der Waals surface area (Å²) in [6.07, 6.45) is 3.25. The molecule has 162 valence electrons. The number of carbonyl (C=O) groups excluding carboxylic acids is 2. The van der Waals surface area contributed by atoms with E-state index in [1.807, 2.05) is 6.07 Å². The number of methoxy groups -OCH3 is 1. The van der Waals surface area contributed by atoms with Gasteiger partial charge in [0.05, 0.1) is 31.9 Å². The van der Waals surface area contributed by atoms with Crippen molar-refractivity contribution in [2.24, 2.45) is 0 Å². The first kappa shape index (κ1) is 21.0. The van der Waals surface area contributed by atoms with Crippen LogP contribution in [0.2, 0.25) is 0 Å². The van der Waals surface area contributed by atoms with E-state index in [0.717, 1.165) is 13.1 Å². The number of hydrogen-bond acceptors (Lipinski definition) is 7. The summed E-state index contributed by atoms with van der Waals surface area (Å²) in [6, 6.07) is 9.64. The number of amides is 1. The second-order valence-electron chi connectivity index (χ2n) is 7.46. The van der Waals surface area contributed by atoms with Gasteiger partial charge in [-0.25, -0.2) is 0 Å². The van der Waals surface area contributed by atoms with E-state index < -0.39 is 17.7 Å². The van der Waals surface area contributed by atoms with Gasteiger partial charge in [-0.1, -0.05) is 18.2 Å². The first-order valence-corrected chi connectivity index (χ1v) is 10.2. The number of nitrogens with zero attached hydrogens (tertiary/aromatic N) is 3. The van der Waals surface area contributed by atoms with Crippen LogP contribution in [-0.2, 0) is 14.3 Å². The number of carbonyl (C=O) groups is 2. The van der Waals surface area contributed by atoms with Gasteiger partial charge >= 0.3 is 0 Å². The Balaban J connectivity index is 1.72. The van der Waals surface area contributed by atoms with Gasteiger partial charge in [0.2, 0.25) is 0 Å². The molecule has 0 unspecified atom stereocenters. The number of rotatable bonds is 6. The lowest BCUT2D eigenvalue weighted by Crippen LogP contribution is -2.42. The number of ketones is 1. The van der Waals surface area contributed by atoms with Gasteiger partial charge in [0.25, 0.3) is 11.7 Å². The second kappa shape index (κ2) is 9.28. The fourth-order valence-electron chi connectivity index (χ4n) is 3.99. The molecule has 1 aromatic carbocycles. The summed E-state index contributed by atoms with van der Waals surface area (Å²) in [5, 5.41) is 11.1. The van der Waals surface area contributed by atoms with Crippen molar-refractivity contribution >= 4 is 17.4 Å². The smallest absolute Gasteiger partial charge is 0.295 e. The van der Waals surface area contributed by atoms with Gasteiger partial charge in [-0.3, -0.25) is 19.5 Å². The topological polar surface area (TPSA) is 92.2 Å². The van der Waals surface area contributed by atoms with Crippen molar-refractivity contribution in [3.8, 4) is 5.75 Å². The van der Waals surface area contributed by atoms with Crippen LogP contribution in [0.25, 0.3) is 5.76 Å². The highest BCUT2D eigenvalue weighted by atomic mass is 16.5. The minimum atomic E-state index is -0.707. The molecule has 31 heavy (non-hydrogen) atoms. The first-order valence-electron chi connectivity index (χ1n) is 10.2. The fraction of sp³-hybridized carbons (Fsp3) is 0.348. The Labute approximate surface area is 180 Å². The Morgan fingerprint density at radius 3 is 2.71 bits per heavy atom. The number of morpholine rings is 1. The molecular weight excluding hydrogens is 398 g/mol. The van der Waals surface area contributed by atoms with Crippen LogP contribution in [0.4, 0.5) is 0 Å². The van der Waals surface area contributed by atoms with Crippen molar-refractivity contribution in [3.63, 3.8) is 0 Å². The molecule has 4 rings (SSSR count). The molecule has 2 fully saturated rings. The summed E-state index contributed by atoms with van der Waals surface area (Å²) >= 11 is 0. The molecule has 1 amide bonds. The molecule has 0 aliphatic carbocycles. The van der Waals surface area contributed by atoms with Crippen LogP contribution >= 0.6 is 0 Å². The summed E-state index contributed by atoms with van der Waals surface area (Å²) in [7, 11) is 1.53. The van der Waals surface area contributed by atoms with E-state index in [1.165, 1.54) is 12.0 Å². The van der Waals surface area contributed by atoms with E-state index >= 15 is 0 Å². The van der Waals surface area contributed by atoms with E-state index in [2.05, 4.69) is 9.88 Å². The van der Waals surface area contributed by atoms with Gasteiger partial charge in [-0.05, 0) is 23.8 Å². The van der Waals surface area contributed by atoms with E-state index in [9.17, 15) is 14.7 Å². The van der Waals surface area contributed by atoms with Crippen molar-refractivity contribution in [1.29, 1.82) is 0 Å². The van der Waals surface area contributed by atoms with E-state index in [1.54, 1.807) is 42.7 Å². The monoisotopic (exact) mass is 423 g/mol. The molecule has 2 aliphatic rings. The second-order valence-corrected chi connectivity index (χ2v) is 7.46. The molecule has 1 atom stereocenters. The number of Topliss-reactive ketones (excluding diaryl/α,β-unsaturated/α-hetero) is 1. The van der Waals surface area contributed by atoms with Crippen molar-refractivity contribution in [2.75, 3.05) is 46.5 Å². The third-order valence-corrected chi connectivity index (χ3v) is 5.64. The van der Waals surface area contributed by atoms with Gasteiger partial charge in [0, 0.05) is 44.1 Å². The summed E-state index contributed by atoms with van der Waals surface area (Å²) in [5.74, 6) is -0.994. The number of aliphatic hydroxyl groups is 1. The highest BCUT2D eigenvalue weighted by Gasteiger charge is 2.46. The lowest BCUT2D eigenvalue weighted by Gasteiger charge is -2.30. The standard InChI is InChI=1S/C23H25N3O5/c1-30-18-6-2-4-16(14-18)21(27)19-20(17-5-3-7-24-15-17)26(23(29)22(19)28)9-8-25-10-12-31-13-11-25/h2-7,14-15,20,27H,8-13H2,1H3/b21-19+/t20-/m1/s1. The third-order valence-electron chi connectivity index (χ3n) is 5.64. The van der Waals surface area contributed by atoms with Gasteiger partial charge in [0.15, 0.2) is 0 Å². The lowest BCUT2D eigenvalue weighted by atomic mass is 9.96. The van der Waals surface area contributed by atoms with E-state index in [0.29, 0.717) is 43.2 Å². The number of ether oxygens (including phenoxy) is 2. The molecule has 1 N–H and O–H groups in total. The molecule has 2 aliphatic heterocycles. The molecule has 2 saturated heterocycles. The van der Waals surface area contributed by atoms with Crippen molar-refractivity contribution < 1.29 is 24.2 Å². The van der Waals surface area contributed by atoms with E-state index in [4.69, 9.17) is 9.47 Å². The summed E-state index contributed by atoms with van der Waals surface area (Å²) < 4.78 is 10.6. The number of aromatic nitrogens is 1. The van der Waals surface area contributed by atoms with Crippen molar-refractivity contribution in [2.45, 2.75) is 6.04 Å². The van der Waals surface area contributed by atoms with Crippen LogP contribution in [0, 0.1) is 0 Å². The summed E-state index contributed by atoms with van der Waals surface area (Å²) in [4.78, 5) is 33.9. The van der Waals surface area contributed by atoms with Gasteiger partial charge in [-0.2, -0.15) is 0 Å². The molecule has 0 saturated carbocycles. The highest BCUT2D eigenvalue weighted by molar-refractivity contribution is 6.46. The quantitative estimate of drug-likeness (QED) is 0.431. The molecule has 2 aromatic rings. The predicted molar refractivity (Wildman–Crippen MR) is 113 cm³/mol. The molecule has 8 heteroatoms. The van der Waals surface area contributed by atoms with Crippen LogP contribution < -0.4 is 4.74 Å². The maximum atomic E-state index is 13.0. The van der Waals surface area contributed by atoms with Crippen LogP contribution in [0.1, 0.15) is 17.2 Å². The minimum Gasteiger partial charge on any atom is -0.507 e. The van der Waals surface area contributed by atoms with Crippen LogP contribution in [0.3, 0.4) is 0 Å². The highest BCUT2D eigenvalue weighted by Crippen LogP contribution is 2.39. The normalized spacial score (nSPS) is 21.5. The van der Waals surface area contributed by atoms with Gasteiger partial charge in [0.1, 0.15) is 11.5 Å². The largest absolute Gasteiger partial charge is 0.507 e. The zero-order valence-corrected chi connectivity index (χ0v) is 17.4. The number of hydrogen-bond donors (Lipinski definition) is 1. The van der Waals surface area contributed by atoms with Crippen molar-refractivity contribution in [3.05, 3.63) is 65.5 Å². The van der Waals surface area contributed by atoms with Crippen LogP contribution in [-0.4, -0.2) is 78.1 Å². The average Bonchev–Trinajstić information content (AvgIpc) is 3.08. The Morgan fingerprint density at radius 2 is 2.00 bits per heavy atom. The maximum Gasteiger partial charge on any atom is 0.295 e. The third kappa shape index (κ3) is 4.30. The SMILES string of the molecule is COc1cccc(/C(O)=C2\C(=O)C(=O)N(CCN3CCOCC3)[C@@H]2c2cccnc2)c1. The number of benzene rings is 1. The molecular formula is C23H25N3O5. The van der Waals surface area contributed by atoms with Crippen LogP contribution in [0.15, 0.2) is 54.4 Å². The molecule has 8 nitrogen and oxygen atoms in total. The Morgan fingerprint density at radius 1 is 1.19 bits per heavy atom. The minimum absolute atomic E-state index is 0.0632. The molecule has 0 bridgehead atoms. The van der Waals surface area contributed by atoms with Gasteiger partial charge < -0.3 is 19.5 Å². The lowest BCUT2D eigenvalue weighted by molar-refractivity contribution is -0.140. The molecule has 0 spiro atoms. The summed E-state index contributed by atoms with van der Waals surface area (Å²) in [6.45, 7) is 3.85. The van der Waals surface area contributed by atoms with Gasteiger partial charge in [-0.15, -0.1) is 0 Å². The van der Waals surface area contributed by atoms with E-state index in [-0.39, 0.29) is 11.3 Å². The zero-order valence-electron chi connectivity index (χ0n) is 17.4.